The third-order valence-electron chi connectivity index (χ3n) is 2.26. The Morgan fingerprint density at radius 2 is 2.16 bits per heavy atom. The number of nitrogens with zero attached hydrogens (tertiary/aromatic N) is 1. The molecule has 1 rings (SSSR count). The summed E-state index contributed by atoms with van der Waals surface area (Å²) < 4.78 is 4.58. The van der Waals surface area contributed by atoms with Gasteiger partial charge in [0.05, 0.1) is 0 Å². The Bertz CT molecular complexity index is 363. The van der Waals surface area contributed by atoms with E-state index in [1.54, 1.807) is 0 Å². The van der Waals surface area contributed by atoms with E-state index in [4.69, 9.17) is 0 Å². The molecule has 0 aliphatic carbocycles. The quantitative estimate of drug-likeness (QED) is 0.363. The number of hydrogen-bond acceptors (Lipinski definition) is 5. The van der Waals surface area contributed by atoms with E-state index in [1.807, 2.05) is 0 Å². The van der Waals surface area contributed by atoms with E-state index >= 15 is 0 Å². The Balaban J connectivity index is 0.000000356. The molecule has 1 heterocycles. The highest BCUT2D eigenvalue weighted by atomic mass is 16.6. The Morgan fingerprint density at radius 1 is 1.47 bits per heavy atom. The maximum atomic E-state index is 10.7. The van der Waals surface area contributed by atoms with Crippen LogP contribution in [0.3, 0.4) is 0 Å². The second-order valence-corrected chi connectivity index (χ2v) is 4.17. The molecule has 0 aromatic carbocycles. The van der Waals surface area contributed by atoms with E-state index in [0.717, 1.165) is 25.8 Å². The van der Waals surface area contributed by atoms with Crippen LogP contribution in [0.5, 0.6) is 0 Å². The average molecular weight is 268 g/mol. The summed E-state index contributed by atoms with van der Waals surface area (Å²) in [6.45, 7) is 7.22. The zero-order valence-corrected chi connectivity index (χ0v) is 11.4. The number of nitrogens with one attached hydrogen (secondary N) is 1. The Hall–Kier alpha value is -1.94. The predicted molar refractivity (Wildman–Crippen MR) is 70.0 cm³/mol. The first-order valence-corrected chi connectivity index (χ1v) is 6.17. The van der Waals surface area contributed by atoms with Gasteiger partial charge in [0.2, 0.25) is 18.2 Å². The van der Waals surface area contributed by atoms with Crippen LogP contribution >= 0.6 is 0 Å². The summed E-state index contributed by atoms with van der Waals surface area (Å²) in [4.78, 5) is 34.1. The molecule has 0 aromatic rings. The van der Waals surface area contributed by atoms with Crippen molar-refractivity contribution in [2.75, 3.05) is 6.54 Å². The lowest BCUT2D eigenvalue weighted by Crippen LogP contribution is -2.21. The summed E-state index contributed by atoms with van der Waals surface area (Å²) in [7, 11) is 0. The fourth-order valence-electron chi connectivity index (χ4n) is 1.26. The third-order valence-corrected chi connectivity index (χ3v) is 2.26. The fourth-order valence-corrected chi connectivity index (χ4v) is 1.26. The summed E-state index contributed by atoms with van der Waals surface area (Å²) in [5.41, 5.74) is 0.276. The maximum absolute atomic E-state index is 10.7. The van der Waals surface area contributed by atoms with Crippen molar-refractivity contribution >= 4 is 18.0 Å². The molecule has 6 nitrogen and oxygen atoms in total. The van der Waals surface area contributed by atoms with E-state index in [2.05, 4.69) is 21.6 Å². The predicted octanol–water partition coefficient (Wildman–Crippen LogP) is 1.46. The lowest BCUT2D eigenvalue weighted by molar-refractivity contribution is -0.142. The summed E-state index contributed by atoms with van der Waals surface area (Å²) in [6, 6.07) is 0. The van der Waals surface area contributed by atoms with Gasteiger partial charge in [-0.3, -0.25) is 4.79 Å². The highest BCUT2D eigenvalue weighted by Gasteiger charge is 2.07. The fraction of sp³-hybridized carbons (Fsp3) is 0.615. The van der Waals surface area contributed by atoms with Crippen LogP contribution in [0.25, 0.3) is 0 Å². The Morgan fingerprint density at radius 3 is 2.74 bits per heavy atom. The van der Waals surface area contributed by atoms with E-state index in [0.29, 0.717) is 0 Å². The molecule has 0 radical (unpaired) electrons. The van der Waals surface area contributed by atoms with Gasteiger partial charge >= 0.3 is 5.97 Å². The SMILES string of the molecule is C=C(C)C(=O)OC(C)N=C=O.O=C1CCCCCN1. The highest BCUT2D eigenvalue weighted by molar-refractivity contribution is 5.87. The highest BCUT2D eigenvalue weighted by Crippen LogP contribution is 2.02. The van der Waals surface area contributed by atoms with Gasteiger partial charge in [0, 0.05) is 18.5 Å². The second kappa shape index (κ2) is 10.0. The first-order valence-electron chi connectivity index (χ1n) is 6.17. The van der Waals surface area contributed by atoms with Crippen molar-refractivity contribution in [2.24, 2.45) is 4.99 Å². The molecular formula is C13H20N2O4. The Labute approximate surface area is 112 Å². The lowest BCUT2D eigenvalue weighted by atomic mass is 10.2. The van der Waals surface area contributed by atoms with Gasteiger partial charge < -0.3 is 10.1 Å². The van der Waals surface area contributed by atoms with Crippen LogP contribution in [-0.2, 0) is 19.1 Å². The molecule has 0 spiro atoms. The molecule has 1 atom stereocenters. The zero-order chi connectivity index (χ0) is 14.7. The van der Waals surface area contributed by atoms with Crippen LogP contribution in [0.2, 0.25) is 0 Å². The monoisotopic (exact) mass is 268 g/mol. The minimum Gasteiger partial charge on any atom is -0.436 e. The first kappa shape index (κ1) is 17.1. The molecule has 1 fully saturated rings. The minimum absolute atomic E-state index is 0.225. The summed E-state index contributed by atoms with van der Waals surface area (Å²) in [5, 5.41) is 2.81. The normalized spacial score (nSPS) is 15.6. The van der Waals surface area contributed by atoms with E-state index in [1.165, 1.54) is 26.3 Å². The van der Waals surface area contributed by atoms with Crippen LogP contribution < -0.4 is 5.32 Å². The minimum atomic E-state index is -0.781. The molecule has 1 unspecified atom stereocenters. The number of carbonyl (C=O) groups is 2. The molecule has 1 aliphatic rings. The molecule has 0 saturated carbocycles. The number of esters is 1. The van der Waals surface area contributed by atoms with Crippen molar-refractivity contribution in [3.8, 4) is 0 Å². The summed E-state index contributed by atoms with van der Waals surface area (Å²) in [6.07, 6.45) is 4.68. The molecule has 1 saturated heterocycles. The lowest BCUT2D eigenvalue weighted by Gasteiger charge is -2.05. The molecule has 6 heteroatoms. The van der Waals surface area contributed by atoms with Crippen molar-refractivity contribution in [1.29, 1.82) is 0 Å². The van der Waals surface area contributed by atoms with E-state index in [-0.39, 0.29) is 11.5 Å². The summed E-state index contributed by atoms with van der Waals surface area (Å²) in [5.74, 6) is -0.334. The van der Waals surface area contributed by atoms with E-state index in [9.17, 15) is 14.4 Å². The molecule has 1 amide bonds. The van der Waals surface area contributed by atoms with Crippen molar-refractivity contribution < 1.29 is 19.1 Å². The van der Waals surface area contributed by atoms with Crippen molar-refractivity contribution in [1.82, 2.24) is 5.32 Å². The van der Waals surface area contributed by atoms with Crippen molar-refractivity contribution in [3.05, 3.63) is 12.2 Å². The average Bonchev–Trinajstić information content (AvgIpc) is 2.57. The number of ether oxygens (including phenoxy) is 1. The van der Waals surface area contributed by atoms with Crippen LogP contribution in [0.4, 0.5) is 0 Å². The van der Waals surface area contributed by atoms with Gasteiger partial charge in [-0.05, 0) is 26.7 Å². The number of aliphatic imine (C=N–C) groups is 1. The number of isocyanates is 1. The number of hydrogen-bond donors (Lipinski definition) is 1. The molecule has 1 N–H and O–H groups in total. The van der Waals surface area contributed by atoms with E-state index < -0.39 is 12.2 Å². The molecule has 0 bridgehead atoms. The number of carbonyl (C=O) groups excluding carboxylic acids is 3. The number of rotatable bonds is 3. The maximum Gasteiger partial charge on any atom is 0.335 e. The van der Waals surface area contributed by atoms with Gasteiger partial charge in [-0.2, -0.15) is 4.99 Å². The van der Waals surface area contributed by atoms with Gasteiger partial charge in [-0.15, -0.1) is 0 Å². The second-order valence-electron chi connectivity index (χ2n) is 4.17. The number of amides is 1. The topological polar surface area (TPSA) is 84.8 Å². The first-order chi connectivity index (χ1) is 8.97. The summed E-state index contributed by atoms with van der Waals surface area (Å²) >= 11 is 0. The van der Waals surface area contributed by atoms with Gasteiger partial charge in [0.1, 0.15) is 0 Å². The van der Waals surface area contributed by atoms with Gasteiger partial charge in [0.25, 0.3) is 0 Å². The van der Waals surface area contributed by atoms with Crippen LogP contribution in [0.1, 0.15) is 39.5 Å². The molecule has 106 valence electrons. The standard InChI is InChI=1S/C7H9NO3.C6H11NO/c1-5(2)7(10)11-6(3)8-4-9;8-6-4-2-1-3-5-7-6/h6H,1H2,2-3H3;1-5H2,(H,7,8). The third kappa shape index (κ3) is 9.73. The van der Waals surface area contributed by atoms with Gasteiger partial charge in [0.15, 0.2) is 0 Å². The van der Waals surface area contributed by atoms with Crippen molar-refractivity contribution in [3.63, 3.8) is 0 Å². The van der Waals surface area contributed by atoms with Crippen molar-refractivity contribution in [2.45, 2.75) is 45.8 Å². The van der Waals surface area contributed by atoms with Gasteiger partial charge in [-0.25, -0.2) is 9.59 Å². The largest absolute Gasteiger partial charge is 0.436 e. The molecule has 19 heavy (non-hydrogen) atoms. The van der Waals surface area contributed by atoms with Crippen LogP contribution in [0.15, 0.2) is 17.1 Å². The molecular weight excluding hydrogens is 248 g/mol. The van der Waals surface area contributed by atoms with Crippen LogP contribution in [0, 0.1) is 0 Å². The Kier molecular flexibility index (Phi) is 9.00. The smallest absolute Gasteiger partial charge is 0.335 e. The van der Waals surface area contributed by atoms with Crippen LogP contribution in [-0.4, -0.2) is 30.7 Å². The molecule has 1 aliphatic heterocycles. The van der Waals surface area contributed by atoms with Gasteiger partial charge in [-0.1, -0.05) is 13.0 Å². The molecule has 0 aromatic heterocycles. The zero-order valence-electron chi connectivity index (χ0n) is 11.4.